The van der Waals surface area contributed by atoms with E-state index >= 15 is 0 Å². The van der Waals surface area contributed by atoms with Crippen LogP contribution in [0.2, 0.25) is 0 Å². The van der Waals surface area contributed by atoms with E-state index in [0.29, 0.717) is 5.56 Å². The molecule has 0 spiro atoms. The van der Waals surface area contributed by atoms with Gasteiger partial charge in [0.1, 0.15) is 5.82 Å². The summed E-state index contributed by atoms with van der Waals surface area (Å²) in [7, 11) is 1.36. The first-order chi connectivity index (χ1) is 7.70. The van der Waals surface area contributed by atoms with Crippen molar-refractivity contribution in [3.8, 4) is 0 Å². The molecule has 16 heavy (non-hydrogen) atoms. The normalized spacial score (nSPS) is 19.9. The number of ether oxygens (including phenoxy) is 1. The number of anilines is 1. The number of carbonyl (C=O) groups is 1. The number of nitrogens with zero attached hydrogens (tertiary/aromatic N) is 2. The number of hydrogen-bond donors (Lipinski definition) is 1. The monoisotopic (exact) mass is 221 g/mol. The number of nitrogens with two attached hydrogens (primary N) is 1. The highest BCUT2D eigenvalue weighted by Crippen LogP contribution is 2.17. The summed E-state index contributed by atoms with van der Waals surface area (Å²) >= 11 is 0. The standard InChI is InChI=1S/C11H15N3O2/c1-16-11(15)8-2-3-10(13-6-8)14-5-4-9(12)7-14/h2-3,6,9H,4-5,7,12H2,1H3/t9-/m1/s1. The molecule has 1 saturated heterocycles. The second kappa shape index (κ2) is 4.49. The number of methoxy groups -OCH3 is 1. The van der Waals surface area contributed by atoms with E-state index in [2.05, 4.69) is 14.6 Å². The van der Waals surface area contributed by atoms with Crippen LogP contribution in [0.5, 0.6) is 0 Å². The van der Waals surface area contributed by atoms with Crippen LogP contribution in [0.3, 0.4) is 0 Å². The Bertz CT molecular complexity index is 377. The second-order valence-electron chi connectivity index (χ2n) is 3.89. The Balaban J connectivity index is 2.10. The first kappa shape index (κ1) is 10.9. The minimum Gasteiger partial charge on any atom is -0.465 e. The summed E-state index contributed by atoms with van der Waals surface area (Å²) in [6, 6.07) is 3.77. The number of carbonyl (C=O) groups excluding carboxylic acids is 1. The lowest BCUT2D eigenvalue weighted by atomic mass is 10.3. The number of hydrogen-bond acceptors (Lipinski definition) is 5. The molecule has 1 atom stereocenters. The largest absolute Gasteiger partial charge is 0.465 e. The van der Waals surface area contributed by atoms with Gasteiger partial charge in [0.2, 0.25) is 0 Å². The first-order valence-corrected chi connectivity index (χ1v) is 5.25. The van der Waals surface area contributed by atoms with Crippen LogP contribution in [0.25, 0.3) is 0 Å². The first-order valence-electron chi connectivity index (χ1n) is 5.25. The Hall–Kier alpha value is -1.62. The van der Waals surface area contributed by atoms with Crippen molar-refractivity contribution in [2.24, 2.45) is 5.73 Å². The van der Waals surface area contributed by atoms with Gasteiger partial charge in [-0.15, -0.1) is 0 Å². The maximum atomic E-state index is 11.2. The fourth-order valence-corrected chi connectivity index (χ4v) is 1.81. The number of esters is 1. The highest BCUT2D eigenvalue weighted by atomic mass is 16.5. The lowest BCUT2D eigenvalue weighted by molar-refractivity contribution is 0.0600. The number of aromatic nitrogens is 1. The fourth-order valence-electron chi connectivity index (χ4n) is 1.81. The highest BCUT2D eigenvalue weighted by Gasteiger charge is 2.20. The third-order valence-electron chi connectivity index (χ3n) is 2.72. The van der Waals surface area contributed by atoms with Crippen LogP contribution in [0, 0.1) is 0 Å². The van der Waals surface area contributed by atoms with Crippen molar-refractivity contribution < 1.29 is 9.53 Å². The zero-order valence-corrected chi connectivity index (χ0v) is 9.22. The van der Waals surface area contributed by atoms with Crippen LogP contribution < -0.4 is 10.6 Å². The van der Waals surface area contributed by atoms with E-state index in [0.717, 1.165) is 25.3 Å². The van der Waals surface area contributed by atoms with Crippen LogP contribution in [0.1, 0.15) is 16.8 Å². The van der Waals surface area contributed by atoms with Crippen molar-refractivity contribution in [1.29, 1.82) is 0 Å². The molecule has 1 fully saturated rings. The van der Waals surface area contributed by atoms with Gasteiger partial charge in [0.05, 0.1) is 12.7 Å². The number of rotatable bonds is 2. The molecular formula is C11H15N3O2. The summed E-state index contributed by atoms with van der Waals surface area (Å²) in [6.45, 7) is 1.75. The van der Waals surface area contributed by atoms with Gasteiger partial charge in [0, 0.05) is 25.3 Å². The summed E-state index contributed by atoms with van der Waals surface area (Å²) in [5.41, 5.74) is 6.29. The summed E-state index contributed by atoms with van der Waals surface area (Å²) in [4.78, 5) is 17.6. The lowest BCUT2D eigenvalue weighted by Crippen LogP contribution is -2.26. The van der Waals surface area contributed by atoms with Crippen molar-refractivity contribution in [3.05, 3.63) is 23.9 Å². The Morgan fingerprint density at radius 1 is 1.62 bits per heavy atom. The Morgan fingerprint density at radius 2 is 2.44 bits per heavy atom. The van der Waals surface area contributed by atoms with E-state index in [1.54, 1.807) is 6.07 Å². The molecule has 0 aromatic carbocycles. The van der Waals surface area contributed by atoms with Gasteiger partial charge in [-0.25, -0.2) is 9.78 Å². The van der Waals surface area contributed by atoms with Gasteiger partial charge in [-0.1, -0.05) is 0 Å². The minimum atomic E-state index is -0.364. The average molecular weight is 221 g/mol. The molecule has 1 aliphatic heterocycles. The van der Waals surface area contributed by atoms with E-state index in [9.17, 15) is 4.79 Å². The topological polar surface area (TPSA) is 68.5 Å². The zero-order chi connectivity index (χ0) is 11.5. The van der Waals surface area contributed by atoms with E-state index < -0.39 is 0 Å². The Kier molecular flexibility index (Phi) is 3.05. The molecule has 86 valence electrons. The molecule has 2 rings (SSSR count). The predicted molar refractivity (Wildman–Crippen MR) is 60.4 cm³/mol. The molecule has 5 nitrogen and oxygen atoms in total. The number of pyridine rings is 1. The van der Waals surface area contributed by atoms with Crippen molar-refractivity contribution >= 4 is 11.8 Å². The van der Waals surface area contributed by atoms with E-state index in [1.165, 1.54) is 13.3 Å². The van der Waals surface area contributed by atoms with Crippen LogP contribution in [-0.4, -0.2) is 37.2 Å². The molecule has 5 heteroatoms. The van der Waals surface area contributed by atoms with E-state index in [1.807, 2.05) is 6.07 Å². The SMILES string of the molecule is COC(=O)c1ccc(N2CC[C@@H](N)C2)nc1. The highest BCUT2D eigenvalue weighted by molar-refractivity contribution is 5.89. The molecule has 0 radical (unpaired) electrons. The van der Waals surface area contributed by atoms with Gasteiger partial charge in [0.15, 0.2) is 0 Å². The van der Waals surface area contributed by atoms with E-state index in [-0.39, 0.29) is 12.0 Å². The second-order valence-corrected chi connectivity index (χ2v) is 3.89. The quantitative estimate of drug-likeness (QED) is 0.732. The average Bonchev–Trinajstić information content (AvgIpc) is 2.75. The van der Waals surface area contributed by atoms with Crippen molar-refractivity contribution in [3.63, 3.8) is 0 Å². The van der Waals surface area contributed by atoms with Crippen molar-refractivity contribution in [2.45, 2.75) is 12.5 Å². The molecule has 0 bridgehead atoms. The van der Waals surface area contributed by atoms with Crippen LogP contribution in [0.4, 0.5) is 5.82 Å². The fraction of sp³-hybridized carbons (Fsp3) is 0.455. The Labute approximate surface area is 94.2 Å². The zero-order valence-electron chi connectivity index (χ0n) is 9.22. The molecule has 1 aromatic rings. The molecule has 2 N–H and O–H groups in total. The molecule has 0 aliphatic carbocycles. The third kappa shape index (κ3) is 2.14. The van der Waals surface area contributed by atoms with Crippen molar-refractivity contribution in [1.82, 2.24) is 4.98 Å². The predicted octanol–water partition coefficient (Wildman–Crippen LogP) is 0.406. The maximum absolute atomic E-state index is 11.2. The molecule has 0 unspecified atom stereocenters. The minimum absolute atomic E-state index is 0.224. The van der Waals surface area contributed by atoms with Crippen LogP contribution in [0.15, 0.2) is 18.3 Å². The van der Waals surface area contributed by atoms with Gasteiger partial charge in [-0.2, -0.15) is 0 Å². The van der Waals surface area contributed by atoms with Gasteiger partial charge in [-0.3, -0.25) is 0 Å². The van der Waals surface area contributed by atoms with Gasteiger partial charge < -0.3 is 15.4 Å². The summed E-state index contributed by atoms with van der Waals surface area (Å²) in [5, 5.41) is 0. The van der Waals surface area contributed by atoms with Gasteiger partial charge in [0.25, 0.3) is 0 Å². The lowest BCUT2D eigenvalue weighted by Gasteiger charge is -2.16. The third-order valence-corrected chi connectivity index (χ3v) is 2.72. The van der Waals surface area contributed by atoms with Gasteiger partial charge >= 0.3 is 5.97 Å². The Morgan fingerprint density at radius 3 is 2.94 bits per heavy atom. The molecule has 1 aliphatic rings. The van der Waals surface area contributed by atoms with Crippen molar-refractivity contribution in [2.75, 3.05) is 25.1 Å². The summed E-state index contributed by atoms with van der Waals surface area (Å²) < 4.78 is 4.61. The van der Waals surface area contributed by atoms with Gasteiger partial charge in [-0.05, 0) is 18.6 Å². The smallest absolute Gasteiger partial charge is 0.339 e. The molecule has 2 heterocycles. The summed E-state index contributed by atoms with van der Waals surface area (Å²) in [6.07, 6.45) is 2.52. The van der Waals surface area contributed by atoms with Crippen LogP contribution >= 0.6 is 0 Å². The van der Waals surface area contributed by atoms with Crippen LogP contribution in [-0.2, 0) is 4.74 Å². The molecular weight excluding hydrogens is 206 g/mol. The maximum Gasteiger partial charge on any atom is 0.339 e. The van der Waals surface area contributed by atoms with E-state index in [4.69, 9.17) is 5.73 Å². The molecule has 1 aromatic heterocycles. The molecule has 0 amide bonds. The molecule has 0 saturated carbocycles. The summed E-state index contributed by atoms with van der Waals surface area (Å²) in [5.74, 6) is 0.498.